The van der Waals surface area contributed by atoms with Crippen LogP contribution in [0, 0.1) is 6.92 Å². The summed E-state index contributed by atoms with van der Waals surface area (Å²) in [6.45, 7) is 8.07. The fraction of sp³-hybridized carbons (Fsp3) is 0.500. The summed E-state index contributed by atoms with van der Waals surface area (Å²) >= 11 is 0. The van der Waals surface area contributed by atoms with Crippen molar-refractivity contribution in [3.63, 3.8) is 0 Å². The van der Waals surface area contributed by atoms with Crippen LogP contribution in [0.4, 0.5) is 0 Å². The third-order valence-corrected chi connectivity index (χ3v) is 6.18. The van der Waals surface area contributed by atoms with Crippen molar-refractivity contribution in [1.29, 1.82) is 0 Å². The molecule has 198 valence electrons. The molecule has 1 heterocycles. The van der Waals surface area contributed by atoms with Gasteiger partial charge in [0, 0.05) is 20.8 Å². The van der Waals surface area contributed by atoms with Gasteiger partial charge in [-0.3, -0.25) is 18.6 Å². The largest absolute Gasteiger partial charge is 0.456 e. The summed E-state index contributed by atoms with van der Waals surface area (Å²) in [7, 11) is -4.22. The highest BCUT2D eigenvalue weighted by molar-refractivity contribution is 7.86. The third kappa shape index (κ3) is 8.58. The predicted octanol–water partition coefficient (Wildman–Crippen LogP) is 1.97. The minimum atomic E-state index is -4.22. The van der Waals surface area contributed by atoms with E-state index in [0.29, 0.717) is 6.42 Å². The Morgan fingerprint density at radius 3 is 2.08 bits per heavy atom. The molecular formula is C24H30O11S. The van der Waals surface area contributed by atoms with Crippen LogP contribution in [0.3, 0.4) is 0 Å². The van der Waals surface area contributed by atoms with E-state index in [-0.39, 0.29) is 11.5 Å². The van der Waals surface area contributed by atoms with Crippen LogP contribution in [-0.4, -0.2) is 70.2 Å². The summed E-state index contributed by atoms with van der Waals surface area (Å²) in [5.41, 5.74) is 3.44. The van der Waals surface area contributed by atoms with Gasteiger partial charge in [0.25, 0.3) is 10.1 Å². The van der Waals surface area contributed by atoms with Gasteiger partial charge < -0.3 is 23.7 Å². The van der Waals surface area contributed by atoms with E-state index in [2.05, 4.69) is 12.3 Å². The van der Waals surface area contributed by atoms with Gasteiger partial charge in [-0.05, 0) is 31.6 Å². The Morgan fingerprint density at radius 2 is 1.53 bits per heavy atom. The molecule has 1 aromatic carbocycles. The number of rotatable bonds is 11. The SMILES string of the molecule is C=C=CCCO[C@@H]1O[C@H](COS(=O)(=O)c2ccc(C)cc2)[C@@H](OC(C)=O)[C@H](OC(C)=O)[C@H]1OC(C)=O. The van der Waals surface area contributed by atoms with Crippen LogP contribution in [0.1, 0.15) is 32.8 Å². The number of carbonyl (C=O) groups excluding carboxylic acids is 3. The third-order valence-electron chi connectivity index (χ3n) is 4.88. The molecule has 11 nitrogen and oxygen atoms in total. The van der Waals surface area contributed by atoms with Crippen LogP contribution in [0.5, 0.6) is 0 Å². The lowest BCUT2D eigenvalue weighted by atomic mass is 9.98. The molecule has 0 aliphatic carbocycles. The van der Waals surface area contributed by atoms with Crippen molar-refractivity contribution in [3.8, 4) is 0 Å². The van der Waals surface area contributed by atoms with E-state index >= 15 is 0 Å². The summed E-state index contributed by atoms with van der Waals surface area (Å²) in [5.74, 6) is -2.28. The number of benzene rings is 1. The van der Waals surface area contributed by atoms with Crippen molar-refractivity contribution in [1.82, 2.24) is 0 Å². The van der Waals surface area contributed by atoms with Gasteiger partial charge in [-0.25, -0.2) is 0 Å². The average Bonchev–Trinajstić information content (AvgIpc) is 2.78. The normalized spacial score (nSPS) is 23.7. The molecule has 1 aliphatic rings. The van der Waals surface area contributed by atoms with Crippen molar-refractivity contribution in [3.05, 3.63) is 48.2 Å². The number of carbonyl (C=O) groups is 3. The fourth-order valence-corrected chi connectivity index (χ4v) is 4.32. The highest BCUT2D eigenvalue weighted by atomic mass is 32.2. The first kappa shape index (κ1) is 29.2. The molecule has 36 heavy (non-hydrogen) atoms. The lowest BCUT2D eigenvalue weighted by Gasteiger charge is -2.44. The topological polar surface area (TPSA) is 141 Å². The maximum atomic E-state index is 12.7. The predicted molar refractivity (Wildman–Crippen MR) is 124 cm³/mol. The highest BCUT2D eigenvalue weighted by Crippen LogP contribution is 2.30. The summed E-state index contributed by atoms with van der Waals surface area (Å²) in [6, 6.07) is 5.98. The van der Waals surface area contributed by atoms with Gasteiger partial charge in [0.2, 0.25) is 0 Å². The molecule has 1 aromatic rings. The van der Waals surface area contributed by atoms with Gasteiger partial charge in [-0.1, -0.05) is 24.3 Å². The number of hydrogen-bond acceptors (Lipinski definition) is 11. The van der Waals surface area contributed by atoms with Gasteiger partial charge in [0.05, 0.1) is 18.1 Å². The minimum Gasteiger partial charge on any atom is -0.456 e. The standard InChI is InChI=1S/C24H30O11S/c1-6-7-8-13-30-24-23(34-18(5)27)22(33-17(4)26)21(32-16(3)25)20(35-24)14-31-36(28,29)19-11-9-15(2)10-12-19/h7,9-12,20-24H,1,8,13-14H2,2-5H3/t20-,21-,22+,23-,24-/m1/s1. The van der Waals surface area contributed by atoms with E-state index in [9.17, 15) is 22.8 Å². The number of ether oxygens (including phenoxy) is 5. The van der Waals surface area contributed by atoms with Gasteiger partial charge >= 0.3 is 17.9 Å². The zero-order valence-electron chi connectivity index (χ0n) is 20.5. The summed E-state index contributed by atoms with van der Waals surface area (Å²) in [6.07, 6.45) is -4.68. The van der Waals surface area contributed by atoms with E-state index in [1.54, 1.807) is 25.1 Å². The molecule has 1 aliphatic heterocycles. The number of hydrogen-bond donors (Lipinski definition) is 0. The molecule has 5 atom stereocenters. The first-order chi connectivity index (χ1) is 16.9. The number of aryl methyl sites for hydroxylation is 1. The van der Waals surface area contributed by atoms with Crippen molar-refractivity contribution >= 4 is 28.0 Å². The molecule has 0 saturated carbocycles. The van der Waals surface area contributed by atoms with Crippen molar-refractivity contribution in [2.24, 2.45) is 0 Å². The summed E-state index contributed by atoms with van der Waals surface area (Å²) in [4.78, 5) is 35.5. The molecule has 1 fully saturated rings. The highest BCUT2D eigenvalue weighted by Gasteiger charge is 2.52. The van der Waals surface area contributed by atoms with Crippen LogP contribution >= 0.6 is 0 Å². The maximum absolute atomic E-state index is 12.7. The van der Waals surface area contributed by atoms with E-state index in [4.69, 9.17) is 27.9 Å². The Labute approximate surface area is 210 Å². The van der Waals surface area contributed by atoms with E-state index in [1.807, 2.05) is 0 Å². The first-order valence-electron chi connectivity index (χ1n) is 11.0. The number of esters is 3. The van der Waals surface area contributed by atoms with E-state index in [1.165, 1.54) is 12.1 Å². The quantitative estimate of drug-likeness (QED) is 0.137. The Balaban J connectivity index is 2.38. The van der Waals surface area contributed by atoms with Crippen LogP contribution in [-0.2, 0) is 52.4 Å². The van der Waals surface area contributed by atoms with Gasteiger partial charge in [-0.15, -0.1) is 5.73 Å². The molecule has 1 saturated heterocycles. The second kappa shape index (κ2) is 13.3. The Kier molecular flexibility index (Phi) is 10.8. The summed E-state index contributed by atoms with van der Waals surface area (Å²) in [5, 5.41) is 0. The van der Waals surface area contributed by atoms with Gasteiger partial charge in [0.15, 0.2) is 24.6 Å². The zero-order chi connectivity index (χ0) is 26.9. The molecule has 0 aromatic heterocycles. The van der Waals surface area contributed by atoms with Crippen molar-refractivity contribution in [2.45, 2.75) is 69.7 Å². The molecule has 12 heteroatoms. The zero-order valence-corrected chi connectivity index (χ0v) is 21.3. The molecule has 0 spiro atoms. The van der Waals surface area contributed by atoms with E-state index < -0.39 is 65.3 Å². The summed E-state index contributed by atoms with van der Waals surface area (Å²) < 4.78 is 58.1. The molecule has 0 bridgehead atoms. The Hall–Kier alpha value is -3.02. The maximum Gasteiger partial charge on any atom is 0.303 e. The minimum absolute atomic E-state index is 0.0746. The molecule has 0 N–H and O–H groups in total. The smallest absolute Gasteiger partial charge is 0.303 e. The lowest BCUT2D eigenvalue weighted by molar-refractivity contribution is -0.306. The molecule has 2 rings (SSSR count). The van der Waals surface area contributed by atoms with Crippen LogP contribution in [0.15, 0.2) is 47.5 Å². The lowest BCUT2D eigenvalue weighted by Crippen LogP contribution is -2.63. The van der Waals surface area contributed by atoms with Crippen LogP contribution < -0.4 is 0 Å². The van der Waals surface area contributed by atoms with Crippen LogP contribution in [0.25, 0.3) is 0 Å². The van der Waals surface area contributed by atoms with Gasteiger partial charge in [0.1, 0.15) is 6.10 Å². The first-order valence-corrected chi connectivity index (χ1v) is 12.4. The monoisotopic (exact) mass is 526 g/mol. The van der Waals surface area contributed by atoms with Crippen molar-refractivity contribution in [2.75, 3.05) is 13.2 Å². The van der Waals surface area contributed by atoms with Crippen LogP contribution in [0.2, 0.25) is 0 Å². The van der Waals surface area contributed by atoms with Crippen molar-refractivity contribution < 1.29 is 50.7 Å². The fourth-order valence-electron chi connectivity index (χ4n) is 3.40. The average molecular weight is 527 g/mol. The van der Waals surface area contributed by atoms with E-state index in [0.717, 1.165) is 26.3 Å². The second-order valence-corrected chi connectivity index (χ2v) is 9.50. The Morgan fingerprint density at radius 1 is 0.972 bits per heavy atom. The molecular weight excluding hydrogens is 496 g/mol. The Bertz CT molecular complexity index is 1070. The molecule has 0 radical (unpaired) electrons. The second-order valence-electron chi connectivity index (χ2n) is 7.88. The molecule has 0 amide bonds. The molecule has 0 unspecified atom stereocenters. The van der Waals surface area contributed by atoms with Gasteiger partial charge in [-0.2, -0.15) is 8.42 Å².